The topological polar surface area (TPSA) is 77.3 Å². The molecular formula is C12H11F2N3O3S. The zero-order chi connectivity index (χ0) is 15.4. The molecule has 0 aliphatic carbocycles. The number of ether oxygens (including phenoxy) is 1. The lowest BCUT2D eigenvalue weighted by molar-refractivity contribution is -0.387. The van der Waals surface area contributed by atoms with E-state index in [0.29, 0.717) is 22.1 Å². The number of nitrogens with zero attached hydrogens (tertiary/aromatic N) is 2. The van der Waals surface area contributed by atoms with Crippen LogP contribution in [0.15, 0.2) is 18.3 Å². The summed E-state index contributed by atoms with van der Waals surface area (Å²) in [4.78, 5) is 14.3. The first-order valence-electron chi connectivity index (χ1n) is 5.96. The zero-order valence-corrected chi connectivity index (χ0v) is 11.7. The van der Waals surface area contributed by atoms with E-state index in [0.717, 1.165) is 6.54 Å². The fourth-order valence-corrected chi connectivity index (χ4v) is 2.32. The van der Waals surface area contributed by atoms with Gasteiger partial charge in [0.15, 0.2) is 16.7 Å². The second-order valence-corrected chi connectivity index (χ2v) is 5.06. The molecule has 0 saturated heterocycles. The largest absolute Gasteiger partial charge is 0.485 e. The van der Waals surface area contributed by atoms with Crippen LogP contribution in [0.1, 0.15) is 11.8 Å². The Hall–Kier alpha value is -2.29. The summed E-state index contributed by atoms with van der Waals surface area (Å²) in [7, 11) is 0. The van der Waals surface area contributed by atoms with Gasteiger partial charge in [-0.05, 0) is 6.92 Å². The molecule has 0 atom stereocenters. The van der Waals surface area contributed by atoms with Gasteiger partial charge in [0, 0.05) is 18.8 Å². The van der Waals surface area contributed by atoms with Gasteiger partial charge in [-0.1, -0.05) is 11.3 Å². The van der Waals surface area contributed by atoms with Crippen LogP contribution in [0.3, 0.4) is 0 Å². The third-order valence-corrected chi connectivity index (χ3v) is 3.38. The Kier molecular flexibility index (Phi) is 4.63. The monoisotopic (exact) mass is 315 g/mol. The lowest BCUT2D eigenvalue weighted by atomic mass is 10.3. The lowest BCUT2D eigenvalue weighted by Crippen LogP contribution is -1.99. The van der Waals surface area contributed by atoms with Crippen LogP contribution in [0.4, 0.5) is 19.6 Å². The second kappa shape index (κ2) is 6.44. The average molecular weight is 315 g/mol. The highest BCUT2D eigenvalue weighted by Gasteiger charge is 2.19. The summed E-state index contributed by atoms with van der Waals surface area (Å²) in [5, 5.41) is 14.2. The summed E-state index contributed by atoms with van der Waals surface area (Å²) in [5.41, 5.74) is -0.924. The summed E-state index contributed by atoms with van der Waals surface area (Å²) >= 11 is 1.32. The van der Waals surface area contributed by atoms with Crippen LogP contribution in [0, 0.1) is 21.7 Å². The molecule has 0 aliphatic rings. The minimum absolute atomic E-state index is 0.00275. The zero-order valence-electron chi connectivity index (χ0n) is 10.9. The first kappa shape index (κ1) is 15.1. The SMILES string of the molecule is CCNc1ncc(COc2cc(F)c([N+](=O)[O-])cc2F)s1. The van der Waals surface area contributed by atoms with Gasteiger partial charge in [0.05, 0.1) is 15.9 Å². The molecule has 1 N–H and O–H groups in total. The molecule has 0 spiro atoms. The van der Waals surface area contributed by atoms with Gasteiger partial charge in [0.25, 0.3) is 0 Å². The van der Waals surface area contributed by atoms with Crippen molar-refractivity contribution >= 4 is 22.2 Å². The molecule has 0 amide bonds. The fraction of sp³-hybridized carbons (Fsp3) is 0.250. The van der Waals surface area contributed by atoms with E-state index in [-0.39, 0.29) is 12.4 Å². The molecule has 0 saturated carbocycles. The Morgan fingerprint density at radius 3 is 2.86 bits per heavy atom. The van der Waals surface area contributed by atoms with E-state index in [1.54, 1.807) is 6.20 Å². The highest BCUT2D eigenvalue weighted by Crippen LogP contribution is 2.27. The predicted molar refractivity (Wildman–Crippen MR) is 73.6 cm³/mol. The van der Waals surface area contributed by atoms with Gasteiger partial charge in [-0.25, -0.2) is 9.37 Å². The second-order valence-electron chi connectivity index (χ2n) is 3.94. The smallest absolute Gasteiger partial charge is 0.307 e. The Morgan fingerprint density at radius 1 is 1.43 bits per heavy atom. The van der Waals surface area contributed by atoms with Gasteiger partial charge in [0.1, 0.15) is 6.61 Å². The number of hydrogen-bond acceptors (Lipinski definition) is 6. The molecule has 0 radical (unpaired) electrons. The third-order valence-electron chi connectivity index (χ3n) is 2.45. The highest BCUT2D eigenvalue weighted by molar-refractivity contribution is 7.15. The number of thiazole rings is 1. The van der Waals surface area contributed by atoms with Crippen molar-refractivity contribution in [2.24, 2.45) is 0 Å². The van der Waals surface area contributed by atoms with Crippen molar-refractivity contribution in [2.75, 3.05) is 11.9 Å². The molecule has 0 unspecified atom stereocenters. The number of nitro groups is 1. The minimum Gasteiger partial charge on any atom is -0.485 e. The van der Waals surface area contributed by atoms with Crippen LogP contribution in [0.2, 0.25) is 0 Å². The molecule has 1 heterocycles. The van der Waals surface area contributed by atoms with Crippen LogP contribution >= 0.6 is 11.3 Å². The lowest BCUT2D eigenvalue weighted by Gasteiger charge is -2.06. The molecule has 2 rings (SSSR count). The molecule has 2 aromatic rings. The number of benzene rings is 1. The summed E-state index contributed by atoms with van der Waals surface area (Å²) < 4.78 is 32.1. The first-order valence-corrected chi connectivity index (χ1v) is 6.77. The standard InChI is InChI=1S/C12H11F2N3O3S/c1-2-15-12-16-5-7(21-12)6-20-11-4-8(13)10(17(18)19)3-9(11)14/h3-5H,2,6H2,1H3,(H,15,16). The maximum atomic E-state index is 13.6. The van der Waals surface area contributed by atoms with E-state index >= 15 is 0 Å². The van der Waals surface area contributed by atoms with E-state index in [1.807, 2.05) is 6.92 Å². The maximum Gasteiger partial charge on any atom is 0.307 e. The highest BCUT2D eigenvalue weighted by atomic mass is 32.1. The van der Waals surface area contributed by atoms with Crippen LogP contribution in [-0.4, -0.2) is 16.5 Å². The van der Waals surface area contributed by atoms with E-state index in [1.165, 1.54) is 11.3 Å². The molecule has 0 aliphatic heterocycles. The number of hydrogen-bond donors (Lipinski definition) is 1. The number of halogens is 2. The van der Waals surface area contributed by atoms with Gasteiger partial charge < -0.3 is 10.1 Å². The molecule has 6 nitrogen and oxygen atoms in total. The molecule has 1 aromatic heterocycles. The molecule has 0 fully saturated rings. The molecule has 21 heavy (non-hydrogen) atoms. The molecule has 9 heteroatoms. The van der Waals surface area contributed by atoms with Gasteiger partial charge >= 0.3 is 5.69 Å². The number of rotatable bonds is 6. The summed E-state index contributed by atoms with van der Waals surface area (Å²) in [6.07, 6.45) is 1.56. The predicted octanol–water partition coefficient (Wildman–Crippen LogP) is 3.34. The minimum atomic E-state index is -1.14. The van der Waals surface area contributed by atoms with Crippen molar-refractivity contribution in [2.45, 2.75) is 13.5 Å². The van der Waals surface area contributed by atoms with Crippen molar-refractivity contribution in [3.63, 3.8) is 0 Å². The summed E-state index contributed by atoms with van der Waals surface area (Å²) in [6.45, 7) is 2.64. The van der Waals surface area contributed by atoms with Crippen LogP contribution < -0.4 is 10.1 Å². The van der Waals surface area contributed by atoms with Crippen molar-refractivity contribution in [3.8, 4) is 5.75 Å². The molecule has 1 aromatic carbocycles. The van der Waals surface area contributed by atoms with Crippen molar-refractivity contribution < 1.29 is 18.4 Å². The Labute approximate surface area is 122 Å². The number of nitro benzene ring substituents is 1. The molecular weight excluding hydrogens is 304 g/mol. The van der Waals surface area contributed by atoms with Crippen molar-refractivity contribution in [1.29, 1.82) is 0 Å². The summed E-state index contributed by atoms with van der Waals surface area (Å²) in [5.74, 6) is -2.51. The first-order chi connectivity index (χ1) is 10.0. The third kappa shape index (κ3) is 3.63. The Bertz CT molecular complexity index is 663. The number of nitrogens with one attached hydrogen (secondary N) is 1. The quantitative estimate of drug-likeness (QED) is 0.653. The van der Waals surface area contributed by atoms with Gasteiger partial charge in [-0.2, -0.15) is 4.39 Å². The molecule has 112 valence electrons. The number of aromatic nitrogens is 1. The fourth-order valence-electron chi connectivity index (χ4n) is 1.52. The van der Waals surface area contributed by atoms with Crippen LogP contribution in [0.5, 0.6) is 5.75 Å². The normalized spacial score (nSPS) is 10.4. The van der Waals surface area contributed by atoms with Crippen LogP contribution in [-0.2, 0) is 6.61 Å². The van der Waals surface area contributed by atoms with E-state index in [9.17, 15) is 18.9 Å². The van der Waals surface area contributed by atoms with E-state index in [2.05, 4.69) is 10.3 Å². The average Bonchev–Trinajstić information content (AvgIpc) is 2.87. The van der Waals surface area contributed by atoms with Gasteiger partial charge in [-0.15, -0.1) is 0 Å². The Balaban J connectivity index is 2.09. The van der Waals surface area contributed by atoms with Crippen molar-refractivity contribution in [3.05, 3.63) is 45.0 Å². The van der Waals surface area contributed by atoms with E-state index in [4.69, 9.17) is 4.74 Å². The molecule has 0 bridgehead atoms. The number of anilines is 1. The summed E-state index contributed by atoms with van der Waals surface area (Å²) in [6, 6.07) is 1.17. The van der Waals surface area contributed by atoms with Gasteiger partial charge in [0.2, 0.25) is 5.82 Å². The Morgan fingerprint density at radius 2 is 2.19 bits per heavy atom. The van der Waals surface area contributed by atoms with Gasteiger partial charge in [-0.3, -0.25) is 10.1 Å². The van der Waals surface area contributed by atoms with E-state index < -0.39 is 22.2 Å². The van der Waals surface area contributed by atoms with Crippen LogP contribution in [0.25, 0.3) is 0 Å². The van der Waals surface area contributed by atoms with Crippen molar-refractivity contribution in [1.82, 2.24) is 4.98 Å². The maximum absolute atomic E-state index is 13.6.